The van der Waals surface area contributed by atoms with Gasteiger partial charge in [-0.3, -0.25) is 0 Å². The monoisotopic (exact) mass is 234 g/mol. The molecule has 17 heavy (non-hydrogen) atoms. The molecule has 0 bridgehead atoms. The zero-order valence-electron chi connectivity index (χ0n) is 10.4. The van der Waals surface area contributed by atoms with Crippen LogP contribution in [0, 0.1) is 0 Å². The highest BCUT2D eigenvalue weighted by atomic mass is 16.3. The molecule has 1 fully saturated rings. The highest BCUT2D eigenvalue weighted by molar-refractivity contribution is 5.44. The molecule has 3 heteroatoms. The molecule has 0 saturated heterocycles. The molecule has 94 valence electrons. The van der Waals surface area contributed by atoms with Crippen molar-refractivity contribution in [3.8, 4) is 0 Å². The van der Waals surface area contributed by atoms with Gasteiger partial charge in [-0.2, -0.15) is 0 Å². The summed E-state index contributed by atoms with van der Waals surface area (Å²) in [6.07, 6.45) is 10.9. The van der Waals surface area contributed by atoms with Gasteiger partial charge in [0.15, 0.2) is 0 Å². The van der Waals surface area contributed by atoms with Crippen LogP contribution in [0.25, 0.3) is 0 Å². The van der Waals surface area contributed by atoms with Gasteiger partial charge in [0.2, 0.25) is 0 Å². The Kier molecular flexibility index (Phi) is 4.80. The quantitative estimate of drug-likeness (QED) is 0.844. The zero-order valence-corrected chi connectivity index (χ0v) is 10.4. The van der Waals surface area contributed by atoms with Crippen molar-refractivity contribution in [3.63, 3.8) is 0 Å². The second-order valence-electron chi connectivity index (χ2n) is 4.86. The largest absolute Gasteiger partial charge is 0.392 e. The lowest BCUT2D eigenvalue weighted by Crippen LogP contribution is -2.22. The van der Waals surface area contributed by atoms with Crippen LogP contribution in [-0.2, 0) is 6.61 Å². The van der Waals surface area contributed by atoms with Gasteiger partial charge >= 0.3 is 0 Å². The number of aromatic nitrogens is 1. The van der Waals surface area contributed by atoms with Crippen molar-refractivity contribution >= 4 is 5.82 Å². The van der Waals surface area contributed by atoms with Crippen molar-refractivity contribution in [1.82, 2.24) is 4.98 Å². The zero-order chi connectivity index (χ0) is 11.9. The number of hydrogen-bond donors (Lipinski definition) is 2. The number of aliphatic hydroxyl groups excluding tert-OH is 1. The molecule has 0 atom stereocenters. The van der Waals surface area contributed by atoms with Gasteiger partial charge in [0.05, 0.1) is 6.61 Å². The first-order chi connectivity index (χ1) is 8.40. The number of nitrogens with one attached hydrogen (secondary N) is 1. The van der Waals surface area contributed by atoms with E-state index >= 15 is 0 Å². The second kappa shape index (κ2) is 6.60. The smallest absolute Gasteiger partial charge is 0.131 e. The van der Waals surface area contributed by atoms with Crippen LogP contribution in [0.15, 0.2) is 18.3 Å². The fourth-order valence-corrected chi connectivity index (χ4v) is 2.49. The minimum absolute atomic E-state index is 0.0584. The Bertz CT molecular complexity index is 333. The number of rotatable bonds is 3. The van der Waals surface area contributed by atoms with Gasteiger partial charge in [0.1, 0.15) is 5.82 Å². The van der Waals surface area contributed by atoms with E-state index in [0.29, 0.717) is 6.04 Å². The molecule has 1 aromatic rings. The number of pyridine rings is 1. The SMILES string of the molecule is OCc1cccnc1NC1CCCCCCC1. The Hall–Kier alpha value is -1.09. The molecule has 0 spiro atoms. The highest BCUT2D eigenvalue weighted by Crippen LogP contribution is 2.21. The fraction of sp³-hybridized carbons (Fsp3) is 0.643. The Labute approximate surface area is 103 Å². The van der Waals surface area contributed by atoms with E-state index in [1.165, 1.54) is 44.9 Å². The van der Waals surface area contributed by atoms with Gasteiger partial charge in [0.25, 0.3) is 0 Å². The first-order valence-corrected chi connectivity index (χ1v) is 6.71. The topological polar surface area (TPSA) is 45.2 Å². The summed E-state index contributed by atoms with van der Waals surface area (Å²) in [5, 5.41) is 12.8. The Morgan fingerprint density at radius 3 is 2.59 bits per heavy atom. The van der Waals surface area contributed by atoms with E-state index in [2.05, 4.69) is 10.3 Å². The predicted octanol–water partition coefficient (Wildman–Crippen LogP) is 3.10. The maximum absolute atomic E-state index is 9.27. The van der Waals surface area contributed by atoms with Crippen LogP contribution in [0.3, 0.4) is 0 Å². The summed E-state index contributed by atoms with van der Waals surface area (Å²) in [6, 6.07) is 4.32. The van der Waals surface area contributed by atoms with Crippen LogP contribution in [-0.4, -0.2) is 16.1 Å². The summed E-state index contributed by atoms with van der Waals surface area (Å²) in [5.74, 6) is 0.862. The lowest BCUT2D eigenvalue weighted by molar-refractivity contribution is 0.282. The van der Waals surface area contributed by atoms with Gasteiger partial charge in [0, 0.05) is 17.8 Å². The number of nitrogens with zero attached hydrogens (tertiary/aromatic N) is 1. The van der Waals surface area contributed by atoms with Gasteiger partial charge in [-0.1, -0.05) is 38.2 Å². The van der Waals surface area contributed by atoms with E-state index in [0.717, 1.165) is 11.4 Å². The third-order valence-corrected chi connectivity index (χ3v) is 3.51. The van der Waals surface area contributed by atoms with Crippen molar-refractivity contribution in [1.29, 1.82) is 0 Å². The van der Waals surface area contributed by atoms with E-state index in [1.807, 2.05) is 12.1 Å². The molecule has 1 saturated carbocycles. The van der Waals surface area contributed by atoms with E-state index in [-0.39, 0.29) is 6.61 Å². The Morgan fingerprint density at radius 1 is 1.18 bits per heavy atom. The molecule has 0 radical (unpaired) electrons. The van der Waals surface area contributed by atoms with Crippen LogP contribution in [0.5, 0.6) is 0 Å². The molecule has 2 rings (SSSR count). The maximum Gasteiger partial charge on any atom is 0.131 e. The van der Waals surface area contributed by atoms with Gasteiger partial charge in [-0.05, 0) is 18.9 Å². The second-order valence-corrected chi connectivity index (χ2v) is 4.86. The summed E-state index contributed by atoms with van der Waals surface area (Å²) < 4.78 is 0. The molecular weight excluding hydrogens is 212 g/mol. The third-order valence-electron chi connectivity index (χ3n) is 3.51. The van der Waals surface area contributed by atoms with Crippen molar-refractivity contribution in [2.24, 2.45) is 0 Å². The van der Waals surface area contributed by atoms with Gasteiger partial charge in [-0.25, -0.2) is 4.98 Å². The minimum Gasteiger partial charge on any atom is -0.392 e. The number of hydrogen-bond acceptors (Lipinski definition) is 3. The number of anilines is 1. The van der Waals surface area contributed by atoms with E-state index in [1.54, 1.807) is 6.20 Å². The minimum atomic E-state index is 0.0584. The summed E-state index contributed by atoms with van der Waals surface area (Å²) >= 11 is 0. The van der Waals surface area contributed by atoms with Crippen molar-refractivity contribution in [2.45, 2.75) is 57.6 Å². The Morgan fingerprint density at radius 2 is 1.88 bits per heavy atom. The average Bonchev–Trinajstić information content (AvgIpc) is 2.33. The molecule has 0 aliphatic heterocycles. The lowest BCUT2D eigenvalue weighted by Gasteiger charge is -2.22. The first kappa shape index (κ1) is 12.4. The van der Waals surface area contributed by atoms with Crippen molar-refractivity contribution in [3.05, 3.63) is 23.9 Å². The molecule has 3 nitrogen and oxygen atoms in total. The average molecular weight is 234 g/mol. The molecule has 1 aromatic heterocycles. The first-order valence-electron chi connectivity index (χ1n) is 6.71. The third kappa shape index (κ3) is 3.70. The normalized spacial score (nSPS) is 18.4. The maximum atomic E-state index is 9.27. The van der Waals surface area contributed by atoms with Gasteiger partial charge < -0.3 is 10.4 Å². The van der Waals surface area contributed by atoms with E-state index in [4.69, 9.17) is 0 Å². The van der Waals surface area contributed by atoms with Crippen molar-refractivity contribution < 1.29 is 5.11 Å². The molecule has 0 amide bonds. The van der Waals surface area contributed by atoms with Crippen LogP contribution < -0.4 is 5.32 Å². The molecular formula is C14H22N2O. The summed E-state index contributed by atoms with van der Waals surface area (Å²) in [4.78, 5) is 4.33. The van der Waals surface area contributed by atoms with E-state index < -0.39 is 0 Å². The van der Waals surface area contributed by atoms with Crippen molar-refractivity contribution in [2.75, 3.05) is 5.32 Å². The number of aliphatic hydroxyl groups is 1. The Balaban J connectivity index is 1.97. The lowest BCUT2D eigenvalue weighted by atomic mass is 9.96. The predicted molar refractivity (Wildman–Crippen MR) is 69.9 cm³/mol. The van der Waals surface area contributed by atoms with Gasteiger partial charge in [-0.15, -0.1) is 0 Å². The van der Waals surface area contributed by atoms with Crippen LogP contribution >= 0.6 is 0 Å². The van der Waals surface area contributed by atoms with Crippen LogP contribution in [0.4, 0.5) is 5.82 Å². The fourth-order valence-electron chi connectivity index (χ4n) is 2.49. The van der Waals surface area contributed by atoms with Crippen LogP contribution in [0.1, 0.15) is 50.5 Å². The molecule has 1 aliphatic rings. The molecule has 2 N–H and O–H groups in total. The summed E-state index contributed by atoms with van der Waals surface area (Å²) in [5.41, 5.74) is 0.898. The van der Waals surface area contributed by atoms with Crippen LogP contribution in [0.2, 0.25) is 0 Å². The standard InChI is InChI=1S/C14H22N2O/c17-11-12-7-6-10-15-14(12)16-13-8-4-2-1-3-5-9-13/h6-7,10,13,17H,1-5,8-9,11H2,(H,15,16). The summed E-state index contributed by atoms with van der Waals surface area (Å²) in [7, 11) is 0. The highest BCUT2D eigenvalue weighted by Gasteiger charge is 2.12. The summed E-state index contributed by atoms with van der Waals surface area (Å²) in [6.45, 7) is 0.0584. The molecule has 1 aliphatic carbocycles. The van der Waals surface area contributed by atoms with E-state index in [9.17, 15) is 5.11 Å². The molecule has 0 aromatic carbocycles. The molecule has 0 unspecified atom stereocenters. The molecule has 1 heterocycles.